The van der Waals surface area contributed by atoms with E-state index < -0.39 is 17.5 Å². The maximum atomic E-state index is 11.7. The number of amides is 2. The van der Waals surface area contributed by atoms with Gasteiger partial charge in [0.25, 0.3) is 0 Å². The van der Waals surface area contributed by atoms with Crippen LogP contribution in [0.15, 0.2) is 0 Å². The zero-order chi connectivity index (χ0) is 13.3. The van der Waals surface area contributed by atoms with Crippen LogP contribution in [0.25, 0.3) is 0 Å². The quantitative estimate of drug-likeness (QED) is 0.763. The van der Waals surface area contributed by atoms with E-state index in [9.17, 15) is 14.7 Å². The number of hydrogen-bond acceptors (Lipinski definition) is 5. The van der Waals surface area contributed by atoms with Gasteiger partial charge in [0.15, 0.2) is 0 Å². The summed E-state index contributed by atoms with van der Waals surface area (Å²) in [5.41, 5.74) is -1.22. The molecule has 3 N–H and O–H groups in total. The van der Waals surface area contributed by atoms with Gasteiger partial charge >= 0.3 is 12.0 Å². The fraction of sp³-hybridized carbons (Fsp3) is 0.600. The largest absolute Gasteiger partial charge is 0.480 e. The Kier molecular flexibility index (Phi) is 3.20. The van der Waals surface area contributed by atoms with Crippen molar-refractivity contribution in [3.63, 3.8) is 0 Å². The SMILES string of the molecule is Cc1nnc(NC(=O)NC(C)(C(=O)O)C2CC2)s1. The molecule has 0 spiro atoms. The number of carbonyl (C=O) groups is 2. The lowest BCUT2D eigenvalue weighted by molar-refractivity contribution is -0.144. The van der Waals surface area contributed by atoms with Crippen LogP contribution in [0, 0.1) is 12.8 Å². The highest BCUT2D eigenvalue weighted by atomic mass is 32.1. The predicted molar refractivity (Wildman–Crippen MR) is 65.6 cm³/mol. The second-order valence-electron chi connectivity index (χ2n) is 4.49. The Hall–Kier alpha value is -1.70. The number of carbonyl (C=O) groups excluding carboxylic acids is 1. The van der Waals surface area contributed by atoms with Crippen molar-refractivity contribution in [1.29, 1.82) is 0 Å². The van der Waals surface area contributed by atoms with E-state index in [1.165, 1.54) is 18.3 Å². The van der Waals surface area contributed by atoms with E-state index in [0.29, 0.717) is 5.13 Å². The van der Waals surface area contributed by atoms with E-state index in [4.69, 9.17) is 0 Å². The van der Waals surface area contributed by atoms with E-state index in [1.54, 1.807) is 6.92 Å². The summed E-state index contributed by atoms with van der Waals surface area (Å²) in [7, 11) is 0. The third-order valence-electron chi connectivity index (χ3n) is 2.96. The first kappa shape index (κ1) is 12.7. The monoisotopic (exact) mass is 270 g/mol. The van der Waals surface area contributed by atoms with Gasteiger partial charge in [0.1, 0.15) is 10.5 Å². The molecule has 1 fully saturated rings. The van der Waals surface area contributed by atoms with E-state index in [-0.39, 0.29) is 5.92 Å². The number of urea groups is 1. The topological polar surface area (TPSA) is 104 Å². The van der Waals surface area contributed by atoms with Crippen molar-refractivity contribution in [3.8, 4) is 0 Å². The number of aryl methyl sites for hydroxylation is 1. The number of carboxylic acids is 1. The third kappa shape index (κ3) is 2.58. The second-order valence-corrected chi connectivity index (χ2v) is 5.67. The molecule has 1 unspecified atom stereocenters. The molecule has 1 aromatic heterocycles. The van der Waals surface area contributed by atoms with Crippen LogP contribution < -0.4 is 10.6 Å². The molecular weight excluding hydrogens is 256 g/mol. The van der Waals surface area contributed by atoms with Gasteiger partial charge in [-0.3, -0.25) is 5.32 Å². The molecule has 0 bridgehead atoms. The average molecular weight is 270 g/mol. The summed E-state index contributed by atoms with van der Waals surface area (Å²) in [6.07, 6.45) is 1.64. The maximum absolute atomic E-state index is 11.7. The molecule has 7 nitrogen and oxygen atoms in total. The molecule has 8 heteroatoms. The van der Waals surface area contributed by atoms with Crippen molar-refractivity contribution in [2.24, 2.45) is 5.92 Å². The number of nitrogens with zero attached hydrogens (tertiary/aromatic N) is 2. The molecule has 1 aliphatic rings. The van der Waals surface area contributed by atoms with Gasteiger partial charge in [-0.2, -0.15) is 0 Å². The Morgan fingerprint density at radius 1 is 1.44 bits per heavy atom. The first-order valence-corrected chi connectivity index (χ1v) is 6.36. The highest BCUT2D eigenvalue weighted by Crippen LogP contribution is 2.39. The fourth-order valence-electron chi connectivity index (χ4n) is 1.70. The Morgan fingerprint density at radius 2 is 2.11 bits per heavy atom. The van der Waals surface area contributed by atoms with Gasteiger partial charge in [-0.25, -0.2) is 9.59 Å². The molecule has 1 aromatic rings. The standard InChI is InChI=1S/C10H14N4O3S/c1-5-13-14-9(18-5)11-8(17)12-10(2,7(15)16)6-3-4-6/h6H,3-4H2,1-2H3,(H,15,16)(H2,11,12,14,17). The van der Waals surface area contributed by atoms with E-state index in [0.717, 1.165) is 17.8 Å². The number of aromatic nitrogens is 2. The predicted octanol–water partition coefficient (Wildman–Crippen LogP) is 1.22. The summed E-state index contributed by atoms with van der Waals surface area (Å²) in [6.45, 7) is 3.30. The van der Waals surface area contributed by atoms with Crippen LogP contribution >= 0.6 is 11.3 Å². The number of anilines is 1. The van der Waals surface area contributed by atoms with E-state index in [1.807, 2.05) is 0 Å². The molecule has 1 saturated carbocycles. The minimum Gasteiger partial charge on any atom is -0.480 e. The Morgan fingerprint density at radius 3 is 2.56 bits per heavy atom. The van der Waals surface area contributed by atoms with Gasteiger partial charge in [0, 0.05) is 0 Å². The van der Waals surface area contributed by atoms with Crippen LogP contribution in [0.1, 0.15) is 24.8 Å². The lowest BCUT2D eigenvalue weighted by Crippen LogP contribution is -2.55. The molecule has 2 rings (SSSR count). The minimum atomic E-state index is -1.22. The first-order valence-electron chi connectivity index (χ1n) is 5.54. The number of hydrogen-bond donors (Lipinski definition) is 3. The van der Waals surface area contributed by atoms with Crippen molar-refractivity contribution >= 4 is 28.5 Å². The summed E-state index contributed by atoms with van der Waals surface area (Å²) in [5.74, 6) is -1.02. The van der Waals surface area contributed by atoms with Crippen molar-refractivity contribution in [2.75, 3.05) is 5.32 Å². The van der Waals surface area contributed by atoms with Gasteiger partial charge in [0.2, 0.25) is 5.13 Å². The highest BCUT2D eigenvalue weighted by molar-refractivity contribution is 7.15. The smallest absolute Gasteiger partial charge is 0.329 e. The Labute approximate surface area is 108 Å². The van der Waals surface area contributed by atoms with Crippen LogP contribution in [0.5, 0.6) is 0 Å². The molecule has 98 valence electrons. The van der Waals surface area contributed by atoms with Gasteiger partial charge in [0.05, 0.1) is 0 Å². The molecule has 2 amide bonds. The van der Waals surface area contributed by atoms with Crippen molar-refractivity contribution < 1.29 is 14.7 Å². The molecule has 0 radical (unpaired) electrons. The van der Waals surface area contributed by atoms with Crippen LogP contribution in [-0.4, -0.2) is 32.8 Å². The zero-order valence-electron chi connectivity index (χ0n) is 10.1. The number of rotatable bonds is 4. The lowest BCUT2D eigenvalue weighted by atomic mass is 9.96. The van der Waals surface area contributed by atoms with Crippen LogP contribution in [0.3, 0.4) is 0 Å². The minimum absolute atomic E-state index is 0.00286. The maximum Gasteiger partial charge on any atom is 0.329 e. The van der Waals surface area contributed by atoms with Gasteiger partial charge < -0.3 is 10.4 Å². The van der Waals surface area contributed by atoms with Crippen molar-refractivity contribution in [3.05, 3.63) is 5.01 Å². The summed E-state index contributed by atoms with van der Waals surface area (Å²) in [5, 5.41) is 22.8. The molecule has 0 aliphatic heterocycles. The third-order valence-corrected chi connectivity index (χ3v) is 3.71. The van der Waals surface area contributed by atoms with E-state index >= 15 is 0 Å². The molecule has 0 aromatic carbocycles. The van der Waals surface area contributed by atoms with Gasteiger partial charge in [-0.1, -0.05) is 11.3 Å². The molecular formula is C10H14N4O3S. The normalized spacial score (nSPS) is 17.9. The number of carboxylic acid groups (broad SMARTS) is 1. The summed E-state index contributed by atoms with van der Waals surface area (Å²) < 4.78 is 0. The van der Waals surface area contributed by atoms with Crippen LogP contribution in [0.4, 0.5) is 9.93 Å². The van der Waals surface area contributed by atoms with E-state index in [2.05, 4.69) is 20.8 Å². The zero-order valence-corrected chi connectivity index (χ0v) is 10.9. The Balaban J connectivity index is 1.99. The van der Waals surface area contributed by atoms with Crippen LogP contribution in [0.2, 0.25) is 0 Å². The van der Waals surface area contributed by atoms with Crippen molar-refractivity contribution in [2.45, 2.75) is 32.2 Å². The van der Waals surface area contributed by atoms with Gasteiger partial charge in [-0.05, 0) is 32.6 Å². The highest BCUT2D eigenvalue weighted by Gasteiger charge is 2.48. The first-order chi connectivity index (χ1) is 8.41. The molecule has 1 heterocycles. The summed E-state index contributed by atoms with van der Waals surface area (Å²) >= 11 is 1.23. The molecule has 0 saturated heterocycles. The number of nitrogens with one attached hydrogen (secondary N) is 2. The number of aliphatic carboxylic acids is 1. The summed E-state index contributed by atoms with van der Waals surface area (Å²) in [6, 6.07) is -0.567. The fourth-order valence-corrected chi connectivity index (χ4v) is 2.29. The van der Waals surface area contributed by atoms with Gasteiger partial charge in [-0.15, -0.1) is 10.2 Å². The second kappa shape index (κ2) is 4.52. The lowest BCUT2D eigenvalue weighted by Gasteiger charge is -2.25. The summed E-state index contributed by atoms with van der Waals surface area (Å²) in [4.78, 5) is 23.0. The van der Waals surface area contributed by atoms with Crippen LogP contribution in [-0.2, 0) is 4.79 Å². The molecule has 1 aliphatic carbocycles. The Bertz CT molecular complexity index is 485. The average Bonchev–Trinajstić information content (AvgIpc) is 3.04. The van der Waals surface area contributed by atoms with Crippen molar-refractivity contribution in [1.82, 2.24) is 15.5 Å². The molecule has 1 atom stereocenters. The molecule has 18 heavy (non-hydrogen) atoms.